The Labute approximate surface area is 118 Å². The molecule has 0 aromatic carbocycles. The van der Waals surface area contributed by atoms with Crippen LogP contribution in [0.1, 0.15) is 34.1 Å². The molecule has 0 saturated carbocycles. The van der Waals surface area contributed by atoms with Crippen LogP contribution < -0.4 is 0 Å². The van der Waals surface area contributed by atoms with Crippen LogP contribution in [0.3, 0.4) is 0 Å². The molecular weight excluding hydrogens is 268 g/mol. The third kappa shape index (κ3) is 5.44. The number of hydrogen-bond donors (Lipinski definition) is 0. The normalized spacial score (nSPS) is 26.4. The van der Waals surface area contributed by atoms with Crippen molar-refractivity contribution in [1.29, 1.82) is 0 Å². The van der Waals surface area contributed by atoms with E-state index in [2.05, 4.69) is 0 Å². The first-order valence-electron chi connectivity index (χ1n) is 6.42. The maximum absolute atomic E-state index is 11.0. The zero-order valence-corrected chi connectivity index (χ0v) is 12.5. The third-order valence-electron chi connectivity index (χ3n) is 2.84. The van der Waals surface area contributed by atoms with E-state index >= 15 is 0 Å². The molecule has 1 aliphatic rings. The number of hydrogen-bond acceptors (Lipinski definition) is 7. The van der Waals surface area contributed by atoms with Gasteiger partial charge in [-0.25, -0.2) is 0 Å². The SMILES string of the molecule is COC(C)(C)O[C@H]1CC(OC(C)=O)O[C@@H]1COC(C)=O. The van der Waals surface area contributed by atoms with Crippen molar-refractivity contribution in [3.8, 4) is 0 Å². The fourth-order valence-corrected chi connectivity index (χ4v) is 1.82. The largest absolute Gasteiger partial charge is 0.463 e. The van der Waals surface area contributed by atoms with E-state index < -0.39 is 36.2 Å². The molecule has 1 saturated heterocycles. The van der Waals surface area contributed by atoms with Gasteiger partial charge in [-0.2, -0.15) is 0 Å². The molecule has 1 aliphatic heterocycles. The zero-order chi connectivity index (χ0) is 15.3. The van der Waals surface area contributed by atoms with Crippen LogP contribution in [0.5, 0.6) is 0 Å². The molecule has 7 heteroatoms. The highest BCUT2D eigenvalue weighted by atomic mass is 16.7. The van der Waals surface area contributed by atoms with Crippen LogP contribution >= 0.6 is 0 Å². The molecule has 0 radical (unpaired) electrons. The topological polar surface area (TPSA) is 80.3 Å². The van der Waals surface area contributed by atoms with Gasteiger partial charge in [0.25, 0.3) is 0 Å². The van der Waals surface area contributed by atoms with Crippen molar-refractivity contribution in [3.05, 3.63) is 0 Å². The van der Waals surface area contributed by atoms with Gasteiger partial charge in [0, 0.05) is 27.4 Å². The average Bonchev–Trinajstić information content (AvgIpc) is 2.66. The van der Waals surface area contributed by atoms with Gasteiger partial charge in [0.15, 0.2) is 5.79 Å². The van der Waals surface area contributed by atoms with Crippen LogP contribution in [0.15, 0.2) is 0 Å². The van der Waals surface area contributed by atoms with Gasteiger partial charge in [-0.3, -0.25) is 9.59 Å². The summed E-state index contributed by atoms with van der Waals surface area (Å²) in [5.41, 5.74) is 0. The summed E-state index contributed by atoms with van der Waals surface area (Å²) >= 11 is 0. The third-order valence-corrected chi connectivity index (χ3v) is 2.84. The number of methoxy groups -OCH3 is 1. The van der Waals surface area contributed by atoms with Crippen molar-refractivity contribution in [1.82, 2.24) is 0 Å². The van der Waals surface area contributed by atoms with Crippen LogP contribution in [0, 0.1) is 0 Å². The van der Waals surface area contributed by atoms with Gasteiger partial charge in [0.1, 0.15) is 12.7 Å². The Kier molecular flexibility index (Phi) is 5.91. The van der Waals surface area contributed by atoms with Crippen molar-refractivity contribution in [2.24, 2.45) is 0 Å². The molecule has 0 spiro atoms. The summed E-state index contributed by atoms with van der Waals surface area (Å²) in [5, 5.41) is 0. The first-order chi connectivity index (χ1) is 9.23. The van der Waals surface area contributed by atoms with Crippen molar-refractivity contribution >= 4 is 11.9 Å². The molecule has 0 aromatic rings. The average molecular weight is 290 g/mol. The second-order valence-corrected chi connectivity index (χ2v) is 5.01. The Balaban J connectivity index is 2.65. The molecule has 1 rings (SSSR count). The molecule has 1 heterocycles. The summed E-state index contributed by atoms with van der Waals surface area (Å²) in [4.78, 5) is 21.8. The first-order valence-corrected chi connectivity index (χ1v) is 6.42. The van der Waals surface area contributed by atoms with Crippen LogP contribution in [-0.4, -0.2) is 49.9 Å². The Hall–Kier alpha value is -1.18. The summed E-state index contributed by atoms with van der Waals surface area (Å²) in [6.07, 6.45) is -1.24. The molecule has 1 unspecified atom stereocenters. The fraction of sp³-hybridized carbons (Fsp3) is 0.846. The van der Waals surface area contributed by atoms with E-state index in [0.29, 0.717) is 6.42 Å². The van der Waals surface area contributed by atoms with E-state index in [1.54, 1.807) is 13.8 Å². The Morgan fingerprint density at radius 2 is 1.90 bits per heavy atom. The number of ether oxygens (including phenoxy) is 5. The predicted molar refractivity (Wildman–Crippen MR) is 67.6 cm³/mol. The monoisotopic (exact) mass is 290 g/mol. The van der Waals surface area contributed by atoms with E-state index in [-0.39, 0.29) is 6.61 Å². The van der Waals surface area contributed by atoms with Crippen molar-refractivity contribution in [3.63, 3.8) is 0 Å². The highest BCUT2D eigenvalue weighted by Gasteiger charge is 2.41. The Morgan fingerprint density at radius 3 is 2.40 bits per heavy atom. The minimum atomic E-state index is -0.812. The second kappa shape index (κ2) is 7.01. The molecule has 0 amide bonds. The molecule has 0 aromatic heterocycles. The number of carbonyl (C=O) groups is 2. The number of carbonyl (C=O) groups excluding carboxylic acids is 2. The minimum absolute atomic E-state index is 0.0392. The van der Waals surface area contributed by atoms with Crippen LogP contribution in [0.4, 0.5) is 0 Å². The second-order valence-electron chi connectivity index (χ2n) is 5.01. The lowest BCUT2D eigenvalue weighted by atomic mass is 10.2. The van der Waals surface area contributed by atoms with Gasteiger partial charge in [-0.05, 0) is 13.8 Å². The van der Waals surface area contributed by atoms with Crippen molar-refractivity contribution in [2.75, 3.05) is 13.7 Å². The summed E-state index contributed by atoms with van der Waals surface area (Å²) in [6.45, 7) is 6.17. The molecule has 1 fully saturated rings. The van der Waals surface area contributed by atoms with Crippen LogP contribution in [0.25, 0.3) is 0 Å². The Morgan fingerprint density at radius 1 is 1.25 bits per heavy atom. The predicted octanol–water partition coefficient (Wildman–Crippen LogP) is 0.995. The van der Waals surface area contributed by atoms with E-state index in [1.807, 2.05) is 0 Å². The molecule has 0 N–H and O–H groups in total. The van der Waals surface area contributed by atoms with Gasteiger partial charge in [0.05, 0.1) is 6.10 Å². The summed E-state index contributed by atoms with van der Waals surface area (Å²) < 4.78 is 26.4. The maximum Gasteiger partial charge on any atom is 0.304 e. The lowest BCUT2D eigenvalue weighted by molar-refractivity contribution is -0.234. The lowest BCUT2D eigenvalue weighted by Gasteiger charge is -2.29. The van der Waals surface area contributed by atoms with Gasteiger partial charge in [-0.15, -0.1) is 0 Å². The van der Waals surface area contributed by atoms with Crippen LogP contribution in [-0.2, 0) is 33.3 Å². The zero-order valence-electron chi connectivity index (χ0n) is 12.5. The van der Waals surface area contributed by atoms with E-state index in [9.17, 15) is 9.59 Å². The van der Waals surface area contributed by atoms with Gasteiger partial charge in [-0.1, -0.05) is 0 Å². The maximum atomic E-state index is 11.0. The molecule has 20 heavy (non-hydrogen) atoms. The summed E-state index contributed by atoms with van der Waals surface area (Å²) in [7, 11) is 1.53. The van der Waals surface area contributed by atoms with Gasteiger partial charge in [0.2, 0.25) is 6.29 Å². The molecule has 3 atom stereocenters. The molecule has 116 valence electrons. The molecule has 7 nitrogen and oxygen atoms in total. The highest BCUT2D eigenvalue weighted by molar-refractivity contribution is 5.66. The summed E-state index contributed by atoms with van der Waals surface area (Å²) in [6, 6.07) is 0. The summed E-state index contributed by atoms with van der Waals surface area (Å²) in [5.74, 6) is -1.66. The minimum Gasteiger partial charge on any atom is -0.463 e. The molecular formula is C13H22O7. The highest BCUT2D eigenvalue weighted by Crippen LogP contribution is 2.28. The van der Waals surface area contributed by atoms with E-state index in [1.165, 1.54) is 21.0 Å². The van der Waals surface area contributed by atoms with Crippen LogP contribution in [0.2, 0.25) is 0 Å². The van der Waals surface area contributed by atoms with Gasteiger partial charge >= 0.3 is 11.9 Å². The van der Waals surface area contributed by atoms with E-state index in [4.69, 9.17) is 23.7 Å². The van der Waals surface area contributed by atoms with Crippen molar-refractivity contribution in [2.45, 2.75) is 58.4 Å². The molecule has 0 aliphatic carbocycles. The van der Waals surface area contributed by atoms with Gasteiger partial charge < -0.3 is 23.7 Å². The smallest absolute Gasteiger partial charge is 0.304 e. The molecule has 0 bridgehead atoms. The van der Waals surface area contributed by atoms with Crippen molar-refractivity contribution < 1.29 is 33.3 Å². The van der Waals surface area contributed by atoms with E-state index in [0.717, 1.165) is 0 Å². The standard InChI is InChI=1S/C13H22O7/c1-8(14)17-7-11-10(20-13(3,4)16-5)6-12(19-11)18-9(2)15/h10-12H,6-7H2,1-5H3/t10-,11+,12?/m0/s1. The number of esters is 2. The first kappa shape index (κ1) is 16.9. The Bertz CT molecular complexity index is 353. The quantitative estimate of drug-likeness (QED) is 0.533. The fourth-order valence-electron chi connectivity index (χ4n) is 1.82. The number of rotatable bonds is 6. The lowest BCUT2D eigenvalue weighted by Crippen LogP contribution is -2.38.